The van der Waals surface area contributed by atoms with Crippen LogP contribution < -0.4 is 20.2 Å². The van der Waals surface area contributed by atoms with Gasteiger partial charge in [-0.05, 0) is 54.3 Å². The molecule has 7 heteroatoms. The molecule has 0 atom stereocenters. The summed E-state index contributed by atoms with van der Waals surface area (Å²) < 4.78 is 11.1. The van der Waals surface area contributed by atoms with Crippen LogP contribution in [0.5, 0.6) is 11.5 Å². The first kappa shape index (κ1) is 22.7. The number of anilines is 1. The van der Waals surface area contributed by atoms with Gasteiger partial charge in [0.05, 0.1) is 12.8 Å². The Bertz CT molecular complexity index is 905. The Kier molecular flexibility index (Phi) is 8.62. The van der Waals surface area contributed by atoms with Gasteiger partial charge < -0.3 is 14.8 Å². The van der Waals surface area contributed by atoms with Crippen LogP contribution in [0.25, 0.3) is 0 Å². The van der Waals surface area contributed by atoms with Crippen LogP contribution in [0.2, 0.25) is 0 Å². The van der Waals surface area contributed by atoms with Crippen molar-refractivity contribution < 1.29 is 19.1 Å². The highest BCUT2D eigenvalue weighted by atomic mass is 16.5. The van der Waals surface area contributed by atoms with Crippen LogP contribution in [0.15, 0.2) is 60.2 Å². The first-order valence-electron chi connectivity index (χ1n) is 9.69. The van der Waals surface area contributed by atoms with E-state index < -0.39 is 11.8 Å². The van der Waals surface area contributed by atoms with E-state index in [-0.39, 0.29) is 0 Å². The average Bonchev–Trinajstić information content (AvgIpc) is 2.73. The molecular weight excluding hydrogens is 382 g/mol. The minimum Gasteiger partial charge on any atom is -0.490 e. The molecular formula is C23H27N3O4. The molecule has 2 rings (SSSR count). The van der Waals surface area contributed by atoms with Crippen molar-refractivity contribution in [1.82, 2.24) is 5.43 Å². The van der Waals surface area contributed by atoms with E-state index in [1.807, 2.05) is 19.1 Å². The third kappa shape index (κ3) is 6.77. The summed E-state index contributed by atoms with van der Waals surface area (Å²) in [5.74, 6) is -0.140. The number of ether oxygens (including phenoxy) is 2. The van der Waals surface area contributed by atoms with Crippen LogP contribution in [0.4, 0.5) is 5.69 Å². The Morgan fingerprint density at radius 1 is 1.07 bits per heavy atom. The number of rotatable bonds is 9. The predicted octanol–water partition coefficient (Wildman–Crippen LogP) is 3.86. The quantitative estimate of drug-likeness (QED) is 0.285. The lowest BCUT2D eigenvalue weighted by molar-refractivity contribution is -0.136. The molecule has 0 radical (unpaired) electrons. The van der Waals surface area contributed by atoms with Crippen molar-refractivity contribution in [1.29, 1.82) is 0 Å². The van der Waals surface area contributed by atoms with Gasteiger partial charge in [-0.15, -0.1) is 0 Å². The highest BCUT2D eigenvalue weighted by Crippen LogP contribution is 2.28. The maximum absolute atomic E-state index is 12.0. The first-order valence-corrected chi connectivity index (χ1v) is 9.69. The van der Waals surface area contributed by atoms with Gasteiger partial charge >= 0.3 is 11.8 Å². The third-order valence-corrected chi connectivity index (χ3v) is 4.05. The summed E-state index contributed by atoms with van der Waals surface area (Å²) in [6.45, 7) is 10.5. The van der Waals surface area contributed by atoms with Gasteiger partial charge in [0.2, 0.25) is 0 Å². The monoisotopic (exact) mass is 409 g/mol. The number of amides is 2. The minimum atomic E-state index is -0.866. The lowest BCUT2D eigenvalue weighted by Crippen LogP contribution is -2.32. The molecule has 2 aromatic carbocycles. The second-order valence-corrected chi connectivity index (χ2v) is 6.67. The van der Waals surface area contributed by atoms with E-state index in [0.717, 1.165) is 5.56 Å². The second-order valence-electron chi connectivity index (χ2n) is 6.67. The smallest absolute Gasteiger partial charge is 0.329 e. The lowest BCUT2D eigenvalue weighted by atomic mass is 10.0. The van der Waals surface area contributed by atoms with Crippen molar-refractivity contribution in [3.63, 3.8) is 0 Å². The topological polar surface area (TPSA) is 89.0 Å². The maximum Gasteiger partial charge on any atom is 0.329 e. The van der Waals surface area contributed by atoms with E-state index in [2.05, 4.69) is 36.3 Å². The zero-order chi connectivity index (χ0) is 21.9. The predicted molar refractivity (Wildman–Crippen MR) is 118 cm³/mol. The van der Waals surface area contributed by atoms with Gasteiger partial charge in [0.1, 0.15) is 6.61 Å². The SMILES string of the molecule is C=CCOc1ccc(/C=N/NC(=O)C(=O)Nc2ccc(C(C)C)cc2)cc1OCC. The summed E-state index contributed by atoms with van der Waals surface area (Å²) >= 11 is 0. The van der Waals surface area contributed by atoms with Crippen molar-refractivity contribution in [2.24, 2.45) is 5.10 Å². The van der Waals surface area contributed by atoms with E-state index in [4.69, 9.17) is 9.47 Å². The van der Waals surface area contributed by atoms with Gasteiger partial charge in [0.25, 0.3) is 0 Å². The van der Waals surface area contributed by atoms with E-state index in [0.29, 0.717) is 41.9 Å². The number of hydrazone groups is 1. The summed E-state index contributed by atoms with van der Waals surface area (Å²) in [5.41, 5.74) is 4.58. The van der Waals surface area contributed by atoms with Gasteiger partial charge in [-0.2, -0.15) is 5.10 Å². The lowest BCUT2D eigenvalue weighted by Gasteiger charge is -2.11. The van der Waals surface area contributed by atoms with E-state index in [1.54, 1.807) is 36.4 Å². The number of benzene rings is 2. The number of nitrogens with zero attached hydrogens (tertiary/aromatic N) is 1. The molecule has 30 heavy (non-hydrogen) atoms. The Morgan fingerprint density at radius 2 is 1.80 bits per heavy atom. The van der Waals surface area contributed by atoms with Crippen molar-refractivity contribution in [3.05, 3.63) is 66.2 Å². The zero-order valence-corrected chi connectivity index (χ0v) is 17.5. The molecule has 0 aliphatic carbocycles. The highest BCUT2D eigenvalue weighted by Gasteiger charge is 2.13. The van der Waals surface area contributed by atoms with Crippen LogP contribution in [0, 0.1) is 0 Å². The molecule has 0 heterocycles. The number of hydrogen-bond donors (Lipinski definition) is 2. The zero-order valence-electron chi connectivity index (χ0n) is 17.5. The standard InChI is InChI=1S/C23H27N3O4/c1-5-13-30-20-12-7-17(14-21(20)29-6-2)15-24-26-23(28)22(27)25-19-10-8-18(9-11-19)16(3)4/h5,7-12,14-16H,1,6,13H2,2-4H3,(H,25,27)(H,26,28)/b24-15+. The molecule has 2 amide bonds. The van der Waals surface area contributed by atoms with Gasteiger partial charge in [0, 0.05) is 5.69 Å². The molecule has 158 valence electrons. The van der Waals surface area contributed by atoms with Crippen molar-refractivity contribution in [2.75, 3.05) is 18.5 Å². The van der Waals surface area contributed by atoms with E-state index >= 15 is 0 Å². The van der Waals surface area contributed by atoms with Crippen LogP contribution in [0.3, 0.4) is 0 Å². The normalized spacial score (nSPS) is 10.7. The molecule has 2 N–H and O–H groups in total. The van der Waals surface area contributed by atoms with Gasteiger partial charge in [-0.3, -0.25) is 9.59 Å². The molecule has 0 aliphatic heterocycles. The van der Waals surface area contributed by atoms with Crippen LogP contribution in [-0.4, -0.2) is 31.2 Å². The minimum absolute atomic E-state index is 0.360. The summed E-state index contributed by atoms with van der Waals surface area (Å²) in [7, 11) is 0. The van der Waals surface area contributed by atoms with E-state index in [9.17, 15) is 9.59 Å². The Balaban J connectivity index is 1.94. The molecule has 0 saturated carbocycles. The van der Waals surface area contributed by atoms with Crippen molar-refractivity contribution in [3.8, 4) is 11.5 Å². The molecule has 0 fully saturated rings. The molecule has 0 spiro atoms. The van der Waals surface area contributed by atoms with E-state index in [1.165, 1.54) is 6.21 Å². The number of nitrogens with one attached hydrogen (secondary N) is 2. The van der Waals surface area contributed by atoms with Crippen LogP contribution >= 0.6 is 0 Å². The van der Waals surface area contributed by atoms with Crippen molar-refractivity contribution >= 4 is 23.7 Å². The largest absolute Gasteiger partial charge is 0.490 e. The molecule has 0 saturated heterocycles. The first-order chi connectivity index (χ1) is 14.4. The Hall–Kier alpha value is -3.61. The van der Waals surface area contributed by atoms with Crippen molar-refractivity contribution in [2.45, 2.75) is 26.7 Å². The fraction of sp³-hybridized carbons (Fsp3) is 0.261. The Morgan fingerprint density at radius 3 is 2.43 bits per heavy atom. The summed E-state index contributed by atoms with van der Waals surface area (Å²) in [6.07, 6.45) is 3.06. The fourth-order valence-corrected chi connectivity index (χ4v) is 2.50. The molecule has 2 aromatic rings. The fourth-order valence-electron chi connectivity index (χ4n) is 2.50. The average molecular weight is 409 g/mol. The molecule has 7 nitrogen and oxygen atoms in total. The van der Waals surface area contributed by atoms with Gasteiger partial charge in [-0.1, -0.05) is 38.6 Å². The van der Waals surface area contributed by atoms with Gasteiger partial charge in [0.15, 0.2) is 11.5 Å². The van der Waals surface area contributed by atoms with Crippen LogP contribution in [0.1, 0.15) is 37.8 Å². The number of hydrogen-bond acceptors (Lipinski definition) is 5. The summed E-state index contributed by atoms with van der Waals surface area (Å²) in [6, 6.07) is 12.6. The second kappa shape index (κ2) is 11.4. The Labute approximate surface area is 176 Å². The van der Waals surface area contributed by atoms with Gasteiger partial charge in [-0.25, -0.2) is 5.43 Å². The molecule has 0 unspecified atom stereocenters. The summed E-state index contributed by atoms with van der Waals surface area (Å²) in [5, 5.41) is 6.38. The number of carbonyl (C=O) groups excluding carboxylic acids is 2. The number of carbonyl (C=O) groups is 2. The van der Waals surface area contributed by atoms with Crippen LogP contribution in [-0.2, 0) is 9.59 Å². The maximum atomic E-state index is 12.0. The summed E-state index contributed by atoms with van der Waals surface area (Å²) in [4.78, 5) is 24.0. The third-order valence-electron chi connectivity index (χ3n) is 4.05. The molecule has 0 bridgehead atoms. The molecule has 0 aromatic heterocycles. The highest BCUT2D eigenvalue weighted by molar-refractivity contribution is 6.39. The molecule has 0 aliphatic rings.